The quantitative estimate of drug-likeness (QED) is 0.509. The molecular formula is C5H10NO. The maximum Gasteiger partial charge on any atom is 0.121 e. The predicted molar refractivity (Wildman–Crippen MR) is 27.3 cm³/mol. The van der Waals surface area contributed by atoms with E-state index in [2.05, 4.69) is 11.8 Å². The molecule has 1 rings (SSSR count). The minimum atomic E-state index is 0.627. The van der Waals surface area contributed by atoms with Crippen molar-refractivity contribution in [1.82, 2.24) is 4.90 Å². The minimum absolute atomic E-state index is 0.627. The summed E-state index contributed by atoms with van der Waals surface area (Å²) in [5, 5.41) is 8.62. The molecule has 1 N–H and O–H groups in total. The molecule has 0 saturated carbocycles. The van der Waals surface area contributed by atoms with Gasteiger partial charge in [-0.1, -0.05) is 6.92 Å². The number of nitrogens with zero attached hydrogens (tertiary/aromatic N) is 1. The lowest BCUT2D eigenvalue weighted by atomic mass is 10.2. The van der Waals surface area contributed by atoms with E-state index >= 15 is 0 Å². The molecule has 0 aromatic heterocycles. The molecule has 0 bridgehead atoms. The van der Waals surface area contributed by atoms with Crippen LogP contribution < -0.4 is 0 Å². The second kappa shape index (κ2) is 1.80. The third-order valence-corrected chi connectivity index (χ3v) is 1.26. The Bertz CT molecular complexity index is 59.1. The zero-order chi connectivity index (χ0) is 5.28. The van der Waals surface area contributed by atoms with Crippen LogP contribution in [0.25, 0.3) is 0 Å². The van der Waals surface area contributed by atoms with Crippen molar-refractivity contribution < 1.29 is 5.11 Å². The standard InChI is InChI=1S/C5H10NO/c1-2-6-3-5(7)4-6/h7H,2-4H2,1H3. The van der Waals surface area contributed by atoms with Crippen molar-refractivity contribution in [3.63, 3.8) is 0 Å². The largest absolute Gasteiger partial charge is 0.384 e. The van der Waals surface area contributed by atoms with Crippen LogP contribution in [0.5, 0.6) is 0 Å². The average molecular weight is 100 g/mol. The first-order chi connectivity index (χ1) is 3.33. The highest BCUT2D eigenvalue weighted by Crippen LogP contribution is 2.11. The van der Waals surface area contributed by atoms with Crippen molar-refractivity contribution in [3.05, 3.63) is 6.10 Å². The van der Waals surface area contributed by atoms with Crippen LogP contribution in [-0.2, 0) is 0 Å². The summed E-state index contributed by atoms with van der Waals surface area (Å²) in [6.07, 6.45) is 0.627. The lowest BCUT2D eigenvalue weighted by molar-refractivity contribution is 0.0941. The van der Waals surface area contributed by atoms with Crippen LogP contribution in [0, 0.1) is 6.10 Å². The number of rotatable bonds is 1. The molecule has 0 amide bonds. The lowest BCUT2D eigenvalue weighted by Gasteiger charge is -2.33. The zero-order valence-corrected chi connectivity index (χ0v) is 4.52. The molecule has 0 atom stereocenters. The molecule has 1 fully saturated rings. The summed E-state index contributed by atoms with van der Waals surface area (Å²) in [6, 6.07) is 0. The highest BCUT2D eigenvalue weighted by atomic mass is 16.3. The van der Waals surface area contributed by atoms with Crippen molar-refractivity contribution in [3.8, 4) is 0 Å². The van der Waals surface area contributed by atoms with Crippen LogP contribution in [-0.4, -0.2) is 29.6 Å². The number of likely N-dealkylation sites (N-methyl/N-ethyl adjacent to an activating group) is 1. The summed E-state index contributed by atoms with van der Waals surface area (Å²) in [7, 11) is 0. The smallest absolute Gasteiger partial charge is 0.121 e. The molecule has 1 aliphatic heterocycles. The van der Waals surface area contributed by atoms with Gasteiger partial charge in [0.15, 0.2) is 0 Å². The van der Waals surface area contributed by atoms with E-state index in [1.807, 2.05) is 0 Å². The van der Waals surface area contributed by atoms with E-state index < -0.39 is 0 Å². The highest BCUT2D eigenvalue weighted by Gasteiger charge is 2.22. The fourth-order valence-electron chi connectivity index (χ4n) is 0.694. The molecule has 0 aromatic rings. The summed E-state index contributed by atoms with van der Waals surface area (Å²) in [5.41, 5.74) is 0. The molecule has 1 aliphatic rings. The third kappa shape index (κ3) is 0.924. The fourth-order valence-corrected chi connectivity index (χ4v) is 0.694. The van der Waals surface area contributed by atoms with E-state index in [9.17, 15) is 0 Å². The molecule has 1 saturated heterocycles. The number of hydrogen-bond donors (Lipinski definition) is 1. The Hall–Kier alpha value is -0.0800. The van der Waals surface area contributed by atoms with Gasteiger partial charge < -0.3 is 5.11 Å². The average Bonchev–Trinajstić information content (AvgIpc) is 1.58. The van der Waals surface area contributed by atoms with E-state index in [0.717, 1.165) is 19.6 Å². The first-order valence-electron chi connectivity index (χ1n) is 2.59. The Morgan fingerprint density at radius 3 is 2.43 bits per heavy atom. The van der Waals surface area contributed by atoms with E-state index in [0.29, 0.717) is 6.10 Å². The van der Waals surface area contributed by atoms with E-state index in [-0.39, 0.29) is 0 Å². The maximum absolute atomic E-state index is 8.62. The van der Waals surface area contributed by atoms with Gasteiger partial charge >= 0.3 is 0 Å². The molecular weight excluding hydrogens is 90.1 g/mol. The van der Waals surface area contributed by atoms with Crippen LogP contribution in [0.15, 0.2) is 0 Å². The summed E-state index contributed by atoms with van der Waals surface area (Å²) in [6.45, 7) is 4.75. The summed E-state index contributed by atoms with van der Waals surface area (Å²) in [4.78, 5) is 2.16. The first-order valence-corrected chi connectivity index (χ1v) is 2.59. The van der Waals surface area contributed by atoms with E-state index in [4.69, 9.17) is 5.11 Å². The second-order valence-electron chi connectivity index (χ2n) is 1.87. The van der Waals surface area contributed by atoms with Gasteiger partial charge in [0, 0.05) is 13.1 Å². The predicted octanol–water partition coefficient (Wildman–Crippen LogP) is 0.226. The minimum Gasteiger partial charge on any atom is -0.384 e. The molecule has 2 heteroatoms. The van der Waals surface area contributed by atoms with Crippen LogP contribution in [0.4, 0.5) is 0 Å². The third-order valence-electron chi connectivity index (χ3n) is 1.26. The van der Waals surface area contributed by atoms with Crippen LogP contribution in [0.1, 0.15) is 6.92 Å². The second-order valence-corrected chi connectivity index (χ2v) is 1.87. The van der Waals surface area contributed by atoms with E-state index in [1.165, 1.54) is 0 Å². The molecule has 1 heterocycles. The van der Waals surface area contributed by atoms with Crippen LogP contribution in [0.3, 0.4) is 0 Å². The van der Waals surface area contributed by atoms with Crippen LogP contribution in [0.2, 0.25) is 0 Å². The summed E-state index contributed by atoms with van der Waals surface area (Å²) >= 11 is 0. The van der Waals surface area contributed by atoms with Gasteiger partial charge in [0.1, 0.15) is 6.10 Å². The first kappa shape index (κ1) is 5.06. The van der Waals surface area contributed by atoms with Crippen molar-refractivity contribution >= 4 is 0 Å². The number of aliphatic hydroxyl groups excluding tert-OH is 1. The summed E-state index contributed by atoms with van der Waals surface area (Å²) < 4.78 is 0. The molecule has 2 nitrogen and oxygen atoms in total. The van der Waals surface area contributed by atoms with Crippen molar-refractivity contribution in [2.75, 3.05) is 19.6 Å². The molecule has 0 unspecified atom stereocenters. The number of likely N-dealkylation sites (tertiary alicyclic amines) is 1. The maximum atomic E-state index is 8.62. The Labute approximate surface area is 43.7 Å². The fraction of sp³-hybridized carbons (Fsp3) is 0.800. The van der Waals surface area contributed by atoms with Crippen molar-refractivity contribution in [2.24, 2.45) is 0 Å². The van der Waals surface area contributed by atoms with Gasteiger partial charge in [-0.25, -0.2) is 0 Å². The molecule has 0 aliphatic carbocycles. The normalized spacial score (nSPS) is 24.9. The van der Waals surface area contributed by atoms with Crippen molar-refractivity contribution in [2.45, 2.75) is 6.92 Å². The van der Waals surface area contributed by atoms with Gasteiger partial charge in [0.25, 0.3) is 0 Å². The topological polar surface area (TPSA) is 23.5 Å². The molecule has 1 radical (unpaired) electrons. The van der Waals surface area contributed by atoms with Gasteiger partial charge in [0.2, 0.25) is 0 Å². The Morgan fingerprint density at radius 1 is 1.71 bits per heavy atom. The van der Waals surface area contributed by atoms with Gasteiger partial charge in [0.05, 0.1) is 0 Å². The van der Waals surface area contributed by atoms with Gasteiger partial charge in [-0.15, -0.1) is 0 Å². The molecule has 0 spiro atoms. The monoisotopic (exact) mass is 100 g/mol. The Morgan fingerprint density at radius 2 is 2.29 bits per heavy atom. The van der Waals surface area contributed by atoms with Gasteiger partial charge in [-0.2, -0.15) is 0 Å². The molecule has 7 heavy (non-hydrogen) atoms. The number of hydrogen-bond acceptors (Lipinski definition) is 2. The van der Waals surface area contributed by atoms with Gasteiger partial charge in [-0.3, -0.25) is 4.90 Å². The SMILES string of the molecule is CCN1C[C](O)C1. The molecule has 41 valence electrons. The highest BCUT2D eigenvalue weighted by molar-refractivity contribution is 4.93. The Kier molecular flexibility index (Phi) is 1.30. The van der Waals surface area contributed by atoms with Gasteiger partial charge in [-0.05, 0) is 6.54 Å². The summed E-state index contributed by atoms with van der Waals surface area (Å²) in [5.74, 6) is 0. The Balaban J connectivity index is 2.06. The van der Waals surface area contributed by atoms with E-state index in [1.54, 1.807) is 0 Å². The lowest BCUT2D eigenvalue weighted by Crippen LogP contribution is -2.44. The number of aliphatic hydroxyl groups is 1. The van der Waals surface area contributed by atoms with Crippen molar-refractivity contribution in [1.29, 1.82) is 0 Å². The van der Waals surface area contributed by atoms with Crippen LogP contribution >= 0.6 is 0 Å². The molecule has 0 aromatic carbocycles. The zero-order valence-electron chi connectivity index (χ0n) is 4.52.